The van der Waals surface area contributed by atoms with Crippen molar-refractivity contribution < 1.29 is 18.6 Å². The Balaban J connectivity index is 1.90. The van der Waals surface area contributed by atoms with E-state index in [4.69, 9.17) is 19.9 Å². The quantitative estimate of drug-likeness (QED) is 0.696. The smallest absolute Gasteiger partial charge is 0.283 e. The molecule has 0 saturated heterocycles. The van der Waals surface area contributed by atoms with E-state index in [0.29, 0.717) is 22.4 Å². The Labute approximate surface area is 174 Å². The molecule has 6 nitrogen and oxygen atoms in total. The molecular weight excluding hydrogens is 385 g/mol. The molecule has 7 heteroatoms. The first-order chi connectivity index (χ1) is 14.5. The van der Waals surface area contributed by atoms with E-state index in [1.54, 1.807) is 50.9 Å². The summed E-state index contributed by atoms with van der Waals surface area (Å²) >= 11 is 0. The number of rotatable bonds is 5. The number of nitrogens with zero attached hydrogens (tertiary/aromatic N) is 2. The normalized spacial score (nSPS) is 17.9. The highest BCUT2D eigenvalue weighted by Gasteiger charge is 2.42. The second kappa shape index (κ2) is 7.67. The fourth-order valence-electron chi connectivity index (χ4n) is 3.76. The van der Waals surface area contributed by atoms with Crippen LogP contribution in [0.3, 0.4) is 0 Å². The van der Waals surface area contributed by atoms with Crippen molar-refractivity contribution in [3.8, 4) is 22.6 Å². The molecule has 0 unspecified atom stereocenters. The van der Waals surface area contributed by atoms with Crippen LogP contribution >= 0.6 is 0 Å². The standard InChI is InChI=1S/C23H22FN3O3/c1-14-9-16(7-8-20(14)29-3)23(13-30-22(25)27-23)19-6-4-5-18(21(19)24)15-10-17(28-2)12-26-11-15/h4-12H,13H2,1-3H3,(H2,25,27)/t23-/m0/s1. The molecule has 1 aliphatic heterocycles. The molecule has 0 fully saturated rings. The fraction of sp³-hybridized carbons (Fsp3) is 0.217. The Morgan fingerprint density at radius 1 is 1.10 bits per heavy atom. The van der Waals surface area contributed by atoms with Gasteiger partial charge < -0.3 is 19.9 Å². The van der Waals surface area contributed by atoms with E-state index in [1.807, 2.05) is 25.1 Å². The number of aliphatic imine (C=N–C) groups is 1. The zero-order valence-corrected chi connectivity index (χ0v) is 17.0. The average molecular weight is 407 g/mol. The molecular formula is C23H22FN3O3. The van der Waals surface area contributed by atoms with Gasteiger partial charge in [-0.1, -0.05) is 24.3 Å². The van der Waals surface area contributed by atoms with Gasteiger partial charge in [0.05, 0.1) is 20.4 Å². The van der Waals surface area contributed by atoms with Gasteiger partial charge in [-0.05, 0) is 36.2 Å². The predicted molar refractivity (Wildman–Crippen MR) is 112 cm³/mol. The second-order valence-corrected chi connectivity index (χ2v) is 7.06. The number of aryl methyl sites for hydroxylation is 1. The Kier molecular flexibility index (Phi) is 5.03. The summed E-state index contributed by atoms with van der Waals surface area (Å²) in [5.74, 6) is 0.869. The summed E-state index contributed by atoms with van der Waals surface area (Å²) in [6.07, 6.45) is 3.17. The van der Waals surface area contributed by atoms with E-state index in [-0.39, 0.29) is 12.6 Å². The van der Waals surface area contributed by atoms with E-state index in [1.165, 1.54) is 0 Å². The molecule has 2 heterocycles. The van der Waals surface area contributed by atoms with Crippen molar-refractivity contribution >= 4 is 6.02 Å². The Hall–Kier alpha value is -3.61. The topological polar surface area (TPSA) is 79.0 Å². The Morgan fingerprint density at radius 3 is 2.60 bits per heavy atom. The van der Waals surface area contributed by atoms with Gasteiger partial charge in [-0.2, -0.15) is 0 Å². The maximum atomic E-state index is 15.9. The summed E-state index contributed by atoms with van der Waals surface area (Å²) in [6, 6.07) is 12.6. The van der Waals surface area contributed by atoms with Crippen molar-refractivity contribution in [2.45, 2.75) is 12.5 Å². The highest BCUT2D eigenvalue weighted by molar-refractivity contribution is 5.76. The Morgan fingerprint density at radius 2 is 1.93 bits per heavy atom. The molecule has 0 amide bonds. The molecule has 1 aromatic heterocycles. The molecule has 0 aliphatic carbocycles. The molecule has 0 spiro atoms. The monoisotopic (exact) mass is 407 g/mol. The number of amidine groups is 1. The number of methoxy groups -OCH3 is 2. The fourth-order valence-corrected chi connectivity index (χ4v) is 3.76. The van der Waals surface area contributed by atoms with Crippen LogP contribution in [0.2, 0.25) is 0 Å². The summed E-state index contributed by atoms with van der Waals surface area (Å²) in [4.78, 5) is 8.68. The molecule has 0 saturated carbocycles. The lowest BCUT2D eigenvalue weighted by atomic mass is 9.82. The van der Waals surface area contributed by atoms with E-state index >= 15 is 4.39 Å². The SMILES string of the molecule is COc1cncc(-c2cccc([C@@]3(c4ccc(OC)c(C)c4)COC(N)=N3)c2F)c1. The van der Waals surface area contributed by atoms with E-state index in [0.717, 1.165) is 16.9 Å². The van der Waals surface area contributed by atoms with Crippen LogP contribution in [0.5, 0.6) is 11.5 Å². The summed E-state index contributed by atoms with van der Waals surface area (Å²) in [5.41, 5.74) is 7.80. The van der Waals surface area contributed by atoms with Gasteiger partial charge in [0.1, 0.15) is 23.9 Å². The number of hydrogen-bond acceptors (Lipinski definition) is 6. The summed E-state index contributed by atoms with van der Waals surface area (Å²) in [7, 11) is 3.15. The third-order valence-electron chi connectivity index (χ3n) is 5.31. The first-order valence-corrected chi connectivity index (χ1v) is 9.40. The van der Waals surface area contributed by atoms with Crippen LogP contribution in [0.15, 0.2) is 59.9 Å². The largest absolute Gasteiger partial charge is 0.496 e. The maximum absolute atomic E-state index is 15.9. The number of pyridine rings is 1. The van der Waals surface area contributed by atoms with Gasteiger partial charge in [0, 0.05) is 22.9 Å². The summed E-state index contributed by atoms with van der Waals surface area (Å²) < 4.78 is 32.0. The molecule has 4 rings (SSSR count). The molecule has 3 aromatic rings. The van der Waals surface area contributed by atoms with Gasteiger partial charge in [0.2, 0.25) is 0 Å². The number of aromatic nitrogens is 1. The molecule has 1 aliphatic rings. The van der Waals surface area contributed by atoms with Crippen molar-refractivity contribution in [1.29, 1.82) is 0 Å². The van der Waals surface area contributed by atoms with Crippen LogP contribution in [0.25, 0.3) is 11.1 Å². The molecule has 2 N–H and O–H groups in total. The minimum absolute atomic E-state index is 0.0244. The van der Waals surface area contributed by atoms with Gasteiger partial charge in [-0.25, -0.2) is 9.38 Å². The van der Waals surface area contributed by atoms with E-state index in [9.17, 15) is 0 Å². The van der Waals surface area contributed by atoms with E-state index < -0.39 is 11.4 Å². The third kappa shape index (κ3) is 3.22. The molecule has 2 aromatic carbocycles. The predicted octanol–water partition coefficient (Wildman–Crippen LogP) is 3.80. The van der Waals surface area contributed by atoms with Gasteiger partial charge in [0.25, 0.3) is 6.02 Å². The minimum atomic E-state index is -1.10. The first-order valence-electron chi connectivity index (χ1n) is 9.40. The van der Waals surface area contributed by atoms with Crippen LogP contribution in [-0.2, 0) is 10.3 Å². The van der Waals surface area contributed by atoms with Crippen molar-refractivity contribution in [2.75, 3.05) is 20.8 Å². The molecule has 30 heavy (non-hydrogen) atoms. The van der Waals surface area contributed by atoms with Crippen LogP contribution < -0.4 is 15.2 Å². The van der Waals surface area contributed by atoms with Crippen LogP contribution in [-0.4, -0.2) is 31.8 Å². The van der Waals surface area contributed by atoms with Crippen LogP contribution in [0, 0.1) is 12.7 Å². The number of halogens is 1. The molecule has 1 atom stereocenters. The second-order valence-electron chi connectivity index (χ2n) is 7.06. The lowest BCUT2D eigenvalue weighted by Gasteiger charge is -2.27. The highest BCUT2D eigenvalue weighted by Crippen LogP contribution is 2.42. The summed E-state index contributed by atoms with van der Waals surface area (Å²) in [5, 5.41) is 0. The van der Waals surface area contributed by atoms with Gasteiger partial charge in [-0.3, -0.25) is 4.98 Å². The zero-order chi connectivity index (χ0) is 21.3. The summed E-state index contributed by atoms with van der Waals surface area (Å²) in [6.45, 7) is 2.02. The van der Waals surface area contributed by atoms with Gasteiger partial charge in [0.15, 0.2) is 5.54 Å². The van der Waals surface area contributed by atoms with Crippen molar-refractivity contribution in [3.05, 3.63) is 77.4 Å². The van der Waals surface area contributed by atoms with Gasteiger partial charge in [-0.15, -0.1) is 0 Å². The maximum Gasteiger partial charge on any atom is 0.283 e. The molecule has 0 bridgehead atoms. The minimum Gasteiger partial charge on any atom is -0.496 e. The van der Waals surface area contributed by atoms with Crippen molar-refractivity contribution in [3.63, 3.8) is 0 Å². The highest BCUT2D eigenvalue weighted by atomic mass is 19.1. The Bertz CT molecular complexity index is 1130. The lowest BCUT2D eigenvalue weighted by molar-refractivity contribution is 0.275. The molecule has 154 valence electrons. The zero-order valence-electron chi connectivity index (χ0n) is 17.0. The van der Waals surface area contributed by atoms with Crippen LogP contribution in [0.4, 0.5) is 4.39 Å². The molecule has 0 radical (unpaired) electrons. The van der Waals surface area contributed by atoms with E-state index in [2.05, 4.69) is 9.98 Å². The first kappa shape index (κ1) is 19.7. The van der Waals surface area contributed by atoms with Gasteiger partial charge >= 0.3 is 0 Å². The number of benzene rings is 2. The van der Waals surface area contributed by atoms with Crippen LogP contribution in [0.1, 0.15) is 16.7 Å². The average Bonchev–Trinajstić information content (AvgIpc) is 3.16. The number of nitrogens with two attached hydrogens (primary N) is 1. The number of hydrogen-bond donors (Lipinski definition) is 1. The van der Waals surface area contributed by atoms with Crippen molar-refractivity contribution in [1.82, 2.24) is 4.98 Å². The third-order valence-corrected chi connectivity index (χ3v) is 5.31. The van der Waals surface area contributed by atoms with Crippen molar-refractivity contribution in [2.24, 2.45) is 10.7 Å². The number of ether oxygens (including phenoxy) is 3. The lowest BCUT2D eigenvalue weighted by Crippen LogP contribution is -2.29.